The van der Waals surface area contributed by atoms with E-state index in [1.165, 1.54) is 0 Å². The smallest absolute Gasteiger partial charge is 0.222 e. The third-order valence-corrected chi connectivity index (χ3v) is 3.31. The monoisotopic (exact) mass is 228 g/mol. The van der Waals surface area contributed by atoms with Crippen molar-refractivity contribution in [3.63, 3.8) is 0 Å². The lowest BCUT2D eigenvalue weighted by molar-refractivity contribution is -0.131. The van der Waals surface area contributed by atoms with Crippen LogP contribution >= 0.6 is 0 Å². The van der Waals surface area contributed by atoms with Gasteiger partial charge in [0.25, 0.3) is 0 Å². The van der Waals surface area contributed by atoms with Crippen molar-refractivity contribution in [2.75, 3.05) is 19.6 Å². The first-order chi connectivity index (χ1) is 7.44. The van der Waals surface area contributed by atoms with Gasteiger partial charge in [0.2, 0.25) is 5.91 Å². The number of carbonyl (C=O) groups excluding carboxylic acids is 1. The highest BCUT2D eigenvalue weighted by molar-refractivity contribution is 5.76. The van der Waals surface area contributed by atoms with E-state index in [9.17, 15) is 9.90 Å². The summed E-state index contributed by atoms with van der Waals surface area (Å²) in [5, 5.41) is 9.76. The fraction of sp³-hybridized carbons (Fsp3) is 0.917. The average molecular weight is 228 g/mol. The molecule has 4 heteroatoms. The molecule has 2 atom stereocenters. The van der Waals surface area contributed by atoms with Gasteiger partial charge in [-0.05, 0) is 38.6 Å². The number of rotatable bonds is 5. The van der Waals surface area contributed by atoms with Gasteiger partial charge in [-0.3, -0.25) is 4.79 Å². The van der Waals surface area contributed by atoms with Gasteiger partial charge in [0.05, 0.1) is 5.60 Å². The van der Waals surface area contributed by atoms with Crippen LogP contribution in [0, 0.1) is 5.92 Å². The third-order valence-electron chi connectivity index (χ3n) is 3.31. The molecule has 0 aromatic heterocycles. The van der Waals surface area contributed by atoms with Gasteiger partial charge < -0.3 is 15.7 Å². The lowest BCUT2D eigenvalue weighted by atomic mass is 10.0. The van der Waals surface area contributed by atoms with Crippen molar-refractivity contribution in [1.29, 1.82) is 0 Å². The van der Waals surface area contributed by atoms with Crippen LogP contribution in [0.5, 0.6) is 0 Å². The Labute approximate surface area is 97.8 Å². The molecule has 94 valence electrons. The molecule has 0 aromatic carbocycles. The zero-order chi connectivity index (χ0) is 12.2. The van der Waals surface area contributed by atoms with Gasteiger partial charge in [0.1, 0.15) is 0 Å². The fourth-order valence-electron chi connectivity index (χ4n) is 2.11. The Morgan fingerprint density at radius 1 is 1.56 bits per heavy atom. The van der Waals surface area contributed by atoms with E-state index in [1.807, 2.05) is 0 Å². The van der Waals surface area contributed by atoms with Crippen molar-refractivity contribution in [2.24, 2.45) is 11.7 Å². The summed E-state index contributed by atoms with van der Waals surface area (Å²) in [5.41, 5.74) is 4.78. The molecule has 0 spiro atoms. The molecule has 1 aliphatic rings. The number of nitrogens with zero attached hydrogens (tertiary/aromatic N) is 1. The minimum atomic E-state index is -0.682. The van der Waals surface area contributed by atoms with Crippen LogP contribution in [0.2, 0.25) is 0 Å². The Bertz CT molecular complexity index is 241. The van der Waals surface area contributed by atoms with Crippen LogP contribution in [-0.2, 0) is 4.79 Å². The highest BCUT2D eigenvalue weighted by Crippen LogP contribution is 2.21. The number of likely N-dealkylation sites (tertiary alicyclic amines) is 1. The quantitative estimate of drug-likeness (QED) is 0.729. The molecule has 0 bridgehead atoms. The third kappa shape index (κ3) is 4.10. The fourth-order valence-corrected chi connectivity index (χ4v) is 2.11. The van der Waals surface area contributed by atoms with Crippen LogP contribution in [0.25, 0.3) is 0 Å². The molecule has 3 N–H and O–H groups in total. The lowest BCUT2D eigenvalue weighted by Crippen LogP contribution is -2.33. The molecule has 1 saturated heterocycles. The highest BCUT2D eigenvalue weighted by atomic mass is 16.3. The predicted octanol–water partition coefficient (Wildman–Crippen LogP) is 0.735. The van der Waals surface area contributed by atoms with Crippen molar-refractivity contribution in [1.82, 2.24) is 4.90 Å². The lowest BCUT2D eigenvalue weighted by Gasteiger charge is -2.19. The standard InChI is InChI=1S/C12H24N2O2/c1-10(5-7-13)3-4-11(15)14-8-6-12(2,16)9-14/h10,16H,3-9,13H2,1-2H3. The zero-order valence-corrected chi connectivity index (χ0v) is 10.4. The number of β-amino-alcohol motifs (C(OH)–C–C–N with tert-alkyl or cyclic N) is 1. The summed E-state index contributed by atoms with van der Waals surface area (Å²) in [4.78, 5) is 13.6. The maximum absolute atomic E-state index is 11.8. The largest absolute Gasteiger partial charge is 0.388 e. The topological polar surface area (TPSA) is 66.6 Å². The highest BCUT2D eigenvalue weighted by Gasteiger charge is 2.33. The van der Waals surface area contributed by atoms with Crippen LogP contribution in [0.3, 0.4) is 0 Å². The summed E-state index contributed by atoms with van der Waals surface area (Å²) in [7, 11) is 0. The van der Waals surface area contributed by atoms with Crippen LogP contribution in [0.1, 0.15) is 39.5 Å². The Morgan fingerprint density at radius 3 is 2.75 bits per heavy atom. The summed E-state index contributed by atoms with van der Waals surface area (Å²) in [6, 6.07) is 0. The maximum Gasteiger partial charge on any atom is 0.222 e. The molecule has 1 fully saturated rings. The second kappa shape index (κ2) is 5.64. The van der Waals surface area contributed by atoms with Crippen LogP contribution in [0.4, 0.5) is 0 Å². The molecule has 0 aromatic rings. The van der Waals surface area contributed by atoms with E-state index in [4.69, 9.17) is 5.73 Å². The predicted molar refractivity (Wildman–Crippen MR) is 63.9 cm³/mol. The summed E-state index contributed by atoms with van der Waals surface area (Å²) < 4.78 is 0. The second-order valence-electron chi connectivity index (χ2n) is 5.28. The average Bonchev–Trinajstić information content (AvgIpc) is 2.56. The molecule has 16 heavy (non-hydrogen) atoms. The Hall–Kier alpha value is -0.610. The van der Waals surface area contributed by atoms with Crippen molar-refractivity contribution in [3.8, 4) is 0 Å². The van der Waals surface area contributed by atoms with Crippen molar-refractivity contribution in [3.05, 3.63) is 0 Å². The van der Waals surface area contributed by atoms with E-state index in [-0.39, 0.29) is 5.91 Å². The molecule has 0 radical (unpaired) electrons. The zero-order valence-electron chi connectivity index (χ0n) is 10.4. The van der Waals surface area contributed by atoms with E-state index in [0.29, 0.717) is 38.4 Å². The maximum atomic E-state index is 11.8. The van der Waals surface area contributed by atoms with Gasteiger partial charge in [-0.1, -0.05) is 6.92 Å². The minimum absolute atomic E-state index is 0.168. The SMILES string of the molecule is CC(CCN)CCC(=O)N1CCC(C)(O)C1. The summed E-state index contributed by atoms with van der Waals surface area (Å²) >= 11 is 0. The first-order valence-corrected chi connectivity index (χ1v) is 6.15. The molecular formula is C12H24N2O2. The summed E-state index contributed by atoms with van der Waals surface area (Å²) in [6.07, 6.45) is 3.15. The first kappa shape index (κ1) is 13.5. The number of amides is 1. The summed E-state index contributed by atoms with van der Waals surface area (Å²) in [5.74, 6) is 0.679. The van der Waals surface area contributed by atoms with Crippen LogP contribution < -0.4 is 5.73 Å². The molecule has 1 amide bonds. The molecule has 0 saturated carbocycles. The van der Waals surface area contributed by atoms with Gasteiger partial charge in [0.15, 0.2) is 0 Å². The van der Waals surface area contributed by atoms with Crippen molar-refractivity contribution in [2.45, 2.75) is 45.1 Å². The Balaban J connectivity index is 2.26. The minimum Gasteiger partial charge on any atom is -0.388 e. The van der Waals surface area contributed by atoms with E-state index in [2.05, 4.69) is 6.92 Å². The molecule has 1 heterocycles. The van der Waals surface area contributed by atoms with Crippen molar-refractivity contribution < 1.29 is 9.90 Å². The van der Waals surface area contributed by atoms with E-state index in [0.717, 1.165) is 12.8 Å². The Kier molecular flexibility index (Phi) is 4.74. The molecule has 4 nitrogen and oxygen atoms in total. The number of hydrogen-bond acceptors (Lipinski definition) is 3. The van der Waals surface area contributed by atoms with Crippen LogP contribution in [-0.4, -0.2) is 41.1 Å². The van der Waals surface area contributed by atoms with E-state index < -0.39 is 5.60 Å². The van der Waals surface area contributed by atoms with Gasteiger partial charge in [-0.15, -0.1) is 0 Å². The first-order valence-electron chi connectivity index (χ1n) is 6.15. The van der Waals surface area contributed by atoms with Gasteiger partial charge in [-0.25, -0.2) is 0 Å². The number of hydrogen-bond donors (Lipinski definition) is 2. The number of aliphatic hydroxyl groups is 1. The van der Waals surface area contributed by atoms with E-state index >= 15 is 0 Å². The summed E-state index contributed by atoms with van der Waals surface area (Å²) in [6.45, 7) is 5.78. The molecule has 0 aliphatic carbocycles. The Morgan fingerprint density at radius 2 is 2.25 bits per heavy atom. The van der Waals surface area contributed by atoms with Crippen LogP contribution in [0.15, 0.2) is 0 Å². The van der Waals surface area contributed by atoms with Gasteiger partial charge in [0, 0.05) is 19.5 Å². The van der Waals surface area contributed by atoms with Gasteiger partial charge >= 0.3 is 0 Å². The molecule has 1 aliphatic heterocycles. The second-order valence-corrected chi connectivity index (χ2v) is 5.28. The molecule has 2 unspecified atom stereocenters. The van der Waals surface area contributed by atoms with Gasteiger partial charge in [-0.2, -0.15) is 0 Å². The molecule has 1 rings (SSSR count). The number of nitrogens with two attached hydrogens (primary N) is 1. The normalized spacial score (nSPS) is 27.1. The van der Waals surface area contributed by atoms with E-state index in [1.54, 1.807) is 11.8 Å². The number of carbonyl (C=O) groups is 1. The van der Waals surface area contributed by atoms with Crippen molar-refractivity contribution >= 4 is 5.91 Å². The molecular weight excluding hydrogens is 204 g/mol.